The lowest BCUT2D eigenvalue weighted by Gasteiger charge is -2.40. The Bertz CT molecular complexity index is 317. The molecule has 0 spiro atoms. The molecular formula is C7H15O10P. The van der Waals surface area contributed by atoms with Crippen LogP contribution in [0.15, 0.2) is 0 Å². The van der Waals surface area contributed by atoms with Crippen molar-refractivity contribution in [1.29, 1.82) is 0 Å². The Labute approximate surface area is 101 Å². The molecule has 1 heterocycles. The van der Waals surface area contributed by atoms with E-state index in [-0.39, 0.29) is 0 Å². The minimum atomic E-state index is -4.80. The molecule has 0 aromatic rings. The maximum absolute atomic E-state index is 10.4. The molecule has 1 rings (SSSR count). The molecule has 1 saturated heterocycles. The van der Waals surface area contributed by atoms with E-state index >= 15 is 0 Å². The van der Waals surface area contributed by atoms with Crippen LogP contribution in [0.3, 0.4) is 0 Å². The largest absolute Gasteiger partial charge is 0.469 e. The van der Waals surface area contributed by atoms with Gasteiger partial charge in [0.25, 0.3) is 0 Å². The van der Waals surface area contributed by atoms with E-state index in [2.05, 4.69) is 9.26 Å². The number of phosphoric ester groups is 1. The van der Waals surface area contributed by atoms with Crippen LogP contribution in [0.5, 0.6) is 0 Å². The molecule has 0 aromatic carbocycles. The molecule has 1 aliphatic heterocycles. The maximum atomic E-state index is 10.4. The van der Waals surface area contributed by atoms with E-state index in [1.54, 1.807) is 0 Å². The van der Waals surface area contributed by atoms with E-state index in [4.69, 9.17) is 20.0 Å². The highest BCUT2D eigenvalue weighted by atomic mass is 31.2. The first-order valence-corrected chi connectivity index (χ1v) is 6.42. The molecule has 18 heavy (non-hydrogen) atoms. The quantitative estimate of drug-likeness (QED) is 0.254. The van der Waals surface area contributed by atoms with Crippen molar-refractivity contribution in [2.75, 3.05) is 6.61 Å². The zero-order valence-electron chi connectivity index (χ0n) is 8.97. The monoisotopic (exact) mass is 290 g/mol. The molecule has 6 atom stereocenters. The van der Waals surface area contributed by atoms with Crippen LogP contribution in [0, 0.1) is 0 Å². The van der Waals surface area contributed by atoms with Crippen molar-refractivity contribution in [1.82, 2.24) is 0 Å². The van der Waals surface area contributed by atoms with Crippen molar-refractivity contribution in [3.05, 3.63) is 0 Å². The molecule has 108 valence electrons. The van der Waals surface area contributed by atoms with Gasteiger partial charge in [0.1, 0.15) is 30.5 Å². The van der Waals surface area contributed by atoms with Crippen LogP contribution < -0.4 is 0 Å². The van der Waals surface area contributed by atoms with Gasteiger partial charge in [0, 0.05) is 0 Å². The Hall–Kier alpha value is -0.130. The highest BCUT2D eigenvalue weighted by Crippen LogP contribution is 2.36. The van der Waals surface area contributed by atoms with Gasteiger partial charge in [0.15, 0.2) is 6.29 Å². The molecule has 2 unspecified atom stereocenters. The second-order valence-electron chi connectivity index (χ2n) is 3.82. The third kappa shape index (κ3) is 3.93. The summed E-state index contributed by atoms with van der Waals surface area (Å²) in [7, 11) is -4.80. The number of phosphoric acid groups is 1. The zero-order valence-corrected chi connectivity index (χ0v) is 9.87. The molecule has 0 bridgehead atoms. The van der Waals surface area contributed by atoms with Crippen molar-refractivity contribution < 1.29 is 49.1 Å². The second-order valence-corrected chi connectivity index (χ2v) is 5.06. The molecule has 10 nitrogen and oxygen atoms in total. The first-order chi connectivity index (χ1) is 8.13. The van der Waals surface area contributed by atoms with Crippen LogP contribution in [-0.4, -0.2) is 78.7 Å². The van der Waals surface area contributed by atoms with Crippen LogP contribution in [0.1, 0.15) is 0 Å². The van der Waals surface area contributed by atoms with Gasteiger partial charge in [-0.05, 0) is 0 Å². The number of aliphatic hydroxyl groups is 5. The highest BCUT2D eigenvalue weighted by molar-refractivity contribution is 7.46. The van der Waals surface area contributed by atoms with E-state index in [0.29, 0.717) is 0 Å². The van der Waals surface area contributed by atoms with Gasteiger partial charge in [-0.2, -0.15) is 0 Å². The predicted octanol–water partition coefficient (Wildman–Crippen LogP) is -3.74. The minimum absolute atomic E-state index is 0.887. The summed E-state index contributed by atoms with van der Waals surface area (Å²) in [5.74, 6) is 0. The number of hydrogen-bond donors (Lipinski definition) is 7. The van der Waals surface area contributed by atoms with E-state index in [9.17, 15) is 19.9 Å². The van der Waals surface area contributed by atoms with Gasteiger partial charge in [-0.3, -0.25) is 4.52 Å². The molecule has 0 aromatic heterocycles. The third-order valence-corrected chi connectivity index (χ3v) is 2.90. The van der Waals surface area contributed by atoms with Gasteiger partial charge in [-0.15, -0.1) is 0 Å². The topological polar surface area (TPSA) is 177 Å². The molecule has 1 fully saturated rings. The number of aliphatic hydroxyl groups excluding tert-OH is 5. The normalized spacial score (nSPS) is 39.6. The summed E-state index contributed by atoms with van der Waals surface area (Å²) in [6.07, 6.45) is -10.4. The number of ether oxygens (including phenoxy) is 1. The Morgan fingerprint density at radius 3 is 2.17 bits per heavy atom. The summed E-state index contributed by atoms with van der Waals surface area (Å²) in [6.45, 7) is -0.887. The lowest BCUT2D eigenvalue weighted by Crippen LogP contribution is -2.61. The third-order valence-electron chi connectivity index (χ3n) is 2.42. The highest BCUT2D eigenvalue weighted by Gasteiger charge is 2.46. The van der Waals surface area contributed by atoms with Gasteiger partial charge in [0.2, 0.25) is 0 Å². The van der Waals surface area contributed by atoms with Crippen LogP contribution >= 0.6 is 7.82 Å². The molecule has 7 N–H and O–H groups in total. The average molecular weight is 290 g/mol. The Morgan fingerprint density at radius 2 is 1.67 bits per heavy atom. The fraction of sp³-hybridized carbons (Fsp3) is 1.00. The molecular weight excluding hydrogens is 275 g/mol. The summed E-state index contributed by atoms with van der Waals surface area (Å²) in [6, 6.07) is 0. The summed E-state index contributed by atoms with van der Waals surface area (Å²) >= 11 is 0. The van der Waals surface area contributed by atoms with Gasteiger partial charge >= 0.3 is 7.82 Å². The summed E-state index contributed by atoms with van der Waals surface area (Å²) < 4.78 is 19.0. The first-order valence-electron chi connectivity index (χ1n) is 4.89. The number of hydrogen-bond acceptors (Lipinski definition) is 8. The molecule has 11 heteroatoms. The van der Waals surface area contributed by atoms with Crippen molar-refractivity contribution in [3.63, 3.8) is 0 Å². The van der Waals surface area contributed by atoms with Gasteiger partial charge in [0.05, 0.1) is 6.61 Å². The van der Waals surface area contributed by atoms with Crippen molar-refractivity contribution in [2.24, 2.45) is 0 Å². The zero-order chi connectivity index (χ0) is 14.1. The van der Waals surface area contributed by atoms with Crippen LogP contribution in [0.2, 0.25) is 0 Å². The van der Waals surface area contributed by atoms with E-state index < -0.39 is 51.2 Å². The van der Waals surface area contributed by atoms with E-state index in [0.717, 1.165) is 0 Å². The van der Waals surface area contributed by atoms with Gasteiger partial charge in [-0.1, -0.05) is 0 Å². The molecule has 0 amide bonds. The Kier molecular flexibility index (Phi) is 5.21. The Balaban J connectivity index is 2.62. The molecule has 0 radical (unpaired) electrons. The fourth-order valence-electron chi connectivity index (χ4n) is 1.47. The van der Waals surface area contributed by atoms with Crippen LogP contribution in [-0.2, 0) is 13.8 Å². The lowest BCUT2D eigenvalue weighted by molar-refractivity contribution is -0.298. The van der Waals surface area contributed by atoms with Gasteiger partial charge in [-0.25, -0.2) is 4.57 Å². The fourth-order valence-corrected chi connectivity index (χ4v) is 1.82. The van der Waals surface area contributed by atoms with Crippen LogP contribution in [0.4, 0.5) is 0 Å². The minimum Gasteiger partial charge on any atom is -0.388 e. The molecule has 0 saturated carbocycles. The predicted molar refractivity (Wildman–Crippen MR) is 52.9 cm³/mol. The first kappa shape index (κ1) is 15.9. The smallest absolute Gasteiger partial charge is 0.388 e. The SMILES string of the molecule is O=P(O)(O)OC[C@@H](O)C1O[C@H](O)[C@H](O)C(O)[C@@H]1O. The average Bonchev–Trinajstić information content (AvgIpc) is 2.27. The second kappa shape index (κ2) is 5.88. The summed E-state index contributed by atoms with van der Waals surface area (Å²) in [4.78, 5) is 16.8. The summed E-state index contributed by atoms with van der Waals surface area (Å²) in [5.41, 5.74) is 0. The van der Waals surface area contributed by atoms with E-state index in [1.165, 1.54) is 0 Å². The molecule has 1 aliphatic rings. The number of rotatable bonds is 4. The lowest BCUT2D eigenvalue weighted by atomic mass is 9.96. The molecule has 0 aliphatic carbocycles. The Morgan fingerprint density at radius 1 is 1.11 bits per heavy atom. The summed E-state index contributed by atoms with van der Waals surface area (Å²) in [5, 5.41) is 46.6. The van der Waals surface area contributed by atoms with Gasteiger partial charge < -0.3 is 40.1 Å². The van der Waals surface area contributed by atoms with Crippen molar-refractivity contribution in [2.45, 2.75) is 36.8 Å². The van der Waals surface area contributed by atoms with Crippen LogP contribution in [0.25, 0.3) is 0 Å². The standard InChI is InChI=1S/C7H15O10P/c8-2(1-16-18(13,14)15)6-4(10)3(9)5(11)7(12)17-6/h2-12H,1H2,(H2,13,14,15)/t2-,3?,4+,5-,6?,7+/m1/s1. The van der Waals surface area contributed by atoms with Crippen molar-refractivity contribution >= 4 is 7.82 Å². The van der Waals surface area contributed by atoms with Crippen molar-refractivity contribution in [3.8, 4) is 0 Å². The van der Waals surface area contributed by atoms with E-state index in [1.807, 2.05) is 0 Å². The maximum Gasteiger partial charge on any atom is 0.469 e.